The lowest BCUT2D eigenvalue weighted by Crippen LogP contribution is -2.49. The molecule has 5 nitrogen and oxygen atoms in total. The number of aromatic nitrogens is 1. The van der Waals surface area contributed by atoms with E-state index in [1.807, 2.05) is 56.3 Å². The van der Waals surface area contributed by atoms with Crippen molar-refractivity contribution in [3.63, 3.8) is 0 Å². The third-order valence-electron chi connectivity index (χ3n) is 6.08. The van der Waals surface area contributed by atoms with Crippen LogP contribution >= 0.6 is 11.6 Å². The largest absolute Gasteiger partial charge is 0.507 e. The summed E-state index contributed by atoms with van der Waals surface area (Å²) in [5, 5.41) is 11.5. The molecule has 2 aromatic carbocycles. The predicted octanol–water partition coefficient (Wildman–Crippen LogP) is 4.45. The van der Waals surface area contributed by atoms with Gasteiger partial charge >= 0.3 is 0 Å². The molecule has 4 rings (SSSR count). The number of anilines is 1. The lowest BCUT2D eigenvalue weighted by molar-refractivity contribution is 0.207. The van der Waals surface area contributed by atoms with Crippen molar-refractivity contribution < 1.29 is 5.11 Å². The van der Waals surface area contributed by atoms with Gasteiger partial charge in [-0.25, -0.2) is 0 Å². The van der Waals surface area contributed by atoms with E-state index in [0.29, 0.717) is 17.1 Å². The molecule has 1 aliphatic rings. The Hall–Kier alpha value is -2.76. The lowest BCUT2D eigenvalue weighted by atomic mass is 9.96. The molecule has 31 heavy (non-hydrogen) atoms. The summed E-state index contributed by atoms with van der Waals surface area (Å²) in [5.41, 5.74) is 3.15. The van der Waals surface area contributed by atoms with Gasteiger partial charge in [-0.1, -0.05) is 41.9 Å². The van der Waals surface area contributed by atoms with Crippen LogP contribution in [0.3, 0.4) is 0 Å². The minimum Gasteiger partial charge on any atom is -0.507 e. The molecule has 0 saturated carbocycles. The van der Waals surface area contributed by atoms with Crippen LogP contribution in [0.15, 0.2) is 65.5 Å². The molecule has 0 aliphatic carbocycles. The first-order valence-electron chi connectivity index (χ1n) is 10.7. The molecule has 1 aromatic heterocycles. The fraction of sp³-hybridized carbons (Fsp3) is 0.320. The molecule has 1 N–H and O–H groups in total. The quantitative estimate of drug-likeness (QED) is 0.640. The van der Waals surface area contributed by atoms with Crippen LogP contribution in [0.4, 0.5) is 5.69 Å². The van der Waals surface area contributed by atoms with Crippen LogP contribution in [0.25, 0.3) is 0 Å². The average molecular weight is 438 g/mol. The van der Waals surface area contributed by atoms with Crippen LogP contribution in [0.5, 0.6) is 5.75 Å². The van der Waals surface area contributed by atoms with Crippen LogP contribution in [-0.2, 0) is 6.54 Å². The van der Waals surface area contributed by atoms with Gasteiger partial charge in [0.1, 0.15) is 5.75 Å². The van der Waals surface area contributed by atoms with Crippen LogP contribution < -0.4 is 10.5 Å². The van der Waals surface area contributed by atoms with E-state index < -0.39 is 0 Å². The molecule has 6 heteroatoms. The highest BCUT2D eigenvalue weighted by Gasteiger charge is 2.31. The first-order chi connectivity index (χ1) is 15.0. The average Bonchev–Trinajstić information content (AvgIpc) is 2.77. The zero-order chi connectivity index (χ0) is 22.0. The number of hydrogen-bond acceptors (Lipinski definition) is 4. The Balaban J connectivity index is 1.73. The van der Waals surface area contributed by atoms with Crippen molar-refractivity contribution in [2.75, 3.05) is 31.1 Å². The molecule has 0 amide bonds. The van der Waals surface area contributed by atoms with E-state index in [0.717, 1.165) is 37.4 Å². The van der Waals surface area contributed by atoms with Crippen LogP contribution in [0, 0.1) is 6.92 Å². The number of halogens is 1. The number of aryl methyl sites for hydroxylation is 1. The molecule has 1 atom stereocenters. The Morgan fingerprint density at radius 2 is 1.71 bits per heavy atom. The molecule has 0 radical (unpaired) electrons. The summed E-state index contributed by atoms with van der Waals surface area (Å²) in [6, 6.07) is 19.3. The van der Waals surface area contributed by atoms with E-state index in [1.165, 1.54) is 5.69 Å². The molecule has 162 valence electrons. The van der Waals surface area contributed by atoms with Gasteiger partial charge in [-0.3, -0.25) is 9.69 Å². The van der Waals surface area contributed by atoms with Gasteiger partial charge in [0, 0.05) is 49.1 Å². The number of benzene rings is 2. The predicted molar refractivity (Wildman–Crippen MR) is 126 cm³/mol. The number of pyridine rings is 1. The van der Waals surface area contributed by atoms with E-state index in [2.05, 4.69) is 21.9 Å². The van der Waals surface area contributed by atoms with Gasteiger partial charge in [-0.05, 0) is 49.7 Å². The fourth-order valence-electron chi connectivity index (χ4n) is 4.53. The maximum absolute atomic E-state index is 13.4. The molecule has 2 heterocycles. The summed E-state index contributed by atoms with van der Waals surface area (Å²) >= 11 is 6.31. The van der Waals surface area contributed by atoms with Gasteiger partial charge in [0.2, 0.25) is 0 Å². The topological polar surface area (TPSA) is 48.7 Å². The van der Waals surface area contributed by atoms with Gasteiger partial charge in [0.25, 0.3) is 5.56 Å². The smallest absolute Gasteiger partial charge is 0.259 e. The standard InChI is InChI=1S/C25H28ClN3O2/c1-3-29-18(2)16-22(30)23(25(29)31)24(19-8-7-9-20(26)17-19)28-14-12-27(13-15-28)21-10-5-4-6-11-21/h4-11,16-17,24,30H,3,12-15H2,1-2H3/t24-/m0/s1. The van der Waals surface area contributed by atoms with E-state index >= 15 is 0 Å². The first-order valence-corrected chi connectivity index (χ1v) is 11.1. The van der Waals surface area contributed by atoms with E-state index in [9.17, 15) is 9.90 Å². The van der Waals surface area contributed by atoms with Crippen LogP contribution in [0.2, 0.25) is 5.02 Å². The highest BCUT2D eigenvalue weighted by atomic mass is 35.5. The molecule has 1 aliphatic heterocycles. The maximum Gasteiger partial charge on any atom is 0.259 e. The SMILES string of the molecule is CCn1c(C)cc(O)c([C@H](c2cccc(Cl)c2)N2CCN(c3ccccc3)CC2)c1=O. The molecular weight excluding hydrogens is 410 g/mol. The zero-order valence-electron chi connectivity index (χ0n) is 18.0. The van der Waals surface area contributed by atoms with Gasteiger partial charge in [0.15, 0.2) is 0 Å². The normalized spacial score (nSPS) is 15.8. The van der Waals surface area contributed by atoms with Crippen molar-refractivity contribution >= 4 is 17.3 Å². The van der Waals surface area contributed by atoms with Gasteiger partial charge in [-0.15, -0.1) is 0 Å². The summed E-state index contributed by atoms with van der Waals surface area (Å²) in [5.74, 6) is 0.0441. The number of hydrogen-bond donors (Lipinski definition) is 1. The van der Waals surface area contributed by atoms with Crippen LogP contribution in [0.1, 0.15) is 29.8 Å². The molecule has 0 spiro atoms. The number of piperazine rings is 1. The van der Waals surface area contributed by atoms with E-state index in [1.54, 1.807) is 10.6 Å². The fourth-order valence-corrected chi connectivity index (χ4v) is 4.73. The summed E-state index contributed by atoms with van der Waals surface area (Å²) < 4.78 is 1.72. The lowest BCUT2D eigenvalue weighted by Gasteiger charge is -2.40. The second-order valence-electron chi connectivity index (χ2n) is 7.95. The van der Waals surface area contributed by atoms with Crippen molar-refractivity contribution in [1.82, 2.24) is 9.47 Å². The monoisotopic (exact) mass is 437 g/mol. The molecule has 1 saturated heterocycles. The highest BCUT2D eigenvalue weighted by molar-refractivity contribution is 6.30. The number of para-hydroxylation sites is 1. The Morgan fingerprint density at radius 3 is 2.35 bits per heavy atom. The van der Waals surface area contributed by atoms with Crippen molar-refractivity contribution in [2.24, 2.45) is 0 Å². The summed E-state index contributed by atoms with van der Waals surface area (Å²) in [7, 11) is 0. The highest BCUT2D eigenvalue weighted by Crippen LogP contribution is 2.34. The molecular formula is C25H28ClN3O2. The summed E-state index contributed by atoms with van der Waals surface area (Å²) in [6.45, 7) is 7.58. The number of nitrogens with zero attached hydrogens (tertiary/aromatic N) is 3. The third kappa shape index (κ3) is 4.34. The second-order valence-corrected chi connectivity index (χ2v) is 8.39. The van der Waals surface area contributed by atoms with E-state index in [4.69, 9.17) is 11.6 Å². The minimum absolute atomic E-state index is 0.0441. The number of aromatic hydroxyl groups is 1. The minimum atomic E-state index is -0.359. The van der Waals surface area contributed by atoms with E-state index in [-0.39, 0.29) is 17.4 Å². The first kappa shape index (κ1) is 21.5. The Morgan fingerprint density at radius 1 is 1.00 bits per heavy atom. The van der Waals surface area contributed by atoms with Gasteiger partial charge < -0.3 is 14.6 Å². The van der Waals surface area contributed by atoms with Crippen molar-refractivity contribution in [3.05, 3.63) is 92.9 Å². The molecule has 3 aromatic rings. The Kier molecular flexibility index (Phi) is 6.35. The second kappa shape index (κ2) is 9.16. The Bertz CT molecular complexity index is 1110. The zero-order valence-corrected chi connectivity index (χ0v) is 18.7. The maximum atomic E-state index is 13.4. The van der Waals surface area contributed by atoms with Gasteiger partial charge in [0.05, 0.1) is 11.6 Å². The van der Waals surface area contributed by atoms with Crippen molar-refractivity contribution in [2.45, 2.75) is 26.4 Å². The summed E-state index contributed by atoms with van der Waals surface area (Å²) in [6.07, 6.45) is 0. The molecule has 0 bridgehead atoms. The van der Waals surface area contributed by atoms with Crippen molar-refractivity contribution in [1.29, 1.82) is 0 Å². The van der Waals surface area contributed by atoms with Crippen LogP contribution in [-0.4, -0.2) is 40.8 Å². The van der Waals surface area contributed by atoms with Crippen molar-refractivity contribution in [3.8, 4) is 5.75 Å². The van der Waals surface area contributed by atoms with Gasteiger partial charge in [-0.2, -0.15) is 0 Å². The summed E-state index contributed by atoms with van der Waals surface area (Å²) in [4.78, 5) is 18.0. The Labute approximate surface area is 188 Å². The third-order valence-corrected chi connectivity index (χ3v) is 6.31. The molecule has 0 unspecified atom stereocenters. The number of rotatable bonds is 5. The molecule has 1 fully saturated rings.